The number of H-pyrrole nitrogens is 1. The van der Waals surface area contributed by atoms with E-state index in [0.29, 0.717) is 43.2 Å². The van der Waals surface area contributed by atoms with Crippen LogP contribution in [0.3, 0.4) is 0 Å². The highest BCUT2D eigenvalue weighted by Gasteiger charge is 2.17. The molecule has 4 aromatic rings. The van der Waals surface area contributed by atoms with Crippen LogP contribution in [0.2, 0.25) is 5.28 Å². The molecule has 4 rings (SSSR count). The minimum absolute atomic E-state index is 0.0823. The van der Waals surface area contributed by atoms with Gasteiger partial charge >= 0.3 is 5.69 Å². The fourth-order valence-electron chi connectivity index (χ4n) is 3.72. The number of hydrogen-bond donors (Lipinski definition) is 1. The number of aromatic amines is 1. The molecule has 0 fully saturated rings. The molecule has 0 saturated carbocycles. The first kappa shape index (κ1) is 22.8. The summed E-state index contributed by atoms with van der Waals surface area (Å²) in [6.45, 7) is 2.71. The van der Waals surface area contributed by atoms with Gasteiger partial charge in [-0.15, -0.1) is 0 Å². The molecule has 0 amide bonds. The SMILES string of the molecule is CCCCn1c(=O)n(CCCc2noc(Cc3ccccc3OC)n2)c(=O)c2[nH]c(Cl)nc21. The Morgan fingerprint density at radius 3 is 2.70 bits per heavy atom. The largest absolute Gasteiger partial charge is 0.496 e. The number of hydrogen-bond acceptors (Lipinski definition) is 7. The van der Waals surface area contributed by atoms with Crippen molar-refractivity contribution in [2.45, 2.75) is 52.1 Å². The van der Waals surface area contributed by atoms with E-state index in [1.165, 1.54) is 9.13 Å². The van der Waals surface area contributed by atoms with Gasteiger partial charge in [-0.3, -0.25) is 13.9 Å². The van der Waals surface area contributed by atoms with Crippen LogP contribution in [0.4, 0.5) is 0 Å². The molecule has 0 atom stereocenters. The van der Waals surface area contributed by atoms with Crippen molar-refractivity contribution in [2.24, 2.45) is 0 Å². The van der Waals surface area contributed by atoms with Gasteiger partial charge < -0.3 is 14.2 Å². The lowest BCUT2D eigenvalue weighted by Gasteiger charge is -2.10. The van der Waals surface area contributed by atoms with E-state index in [1.54, 1.807) is 7.11 Å². The van der Waals surface area contributed by atoms with Crippen molar-refractivity contribution in [3.8, 4) is 5.75 Å². The van der Waals surface area contributed by atoms with Crippen molar-refractivity contribution in [3.63, 3.8) is 0 Å². The number of imidazole rings is 1. The van der Waals surface area contributed by atoms with Gasteiger partial charge in [0.15, 0.2) is 17.0 Å². The van der Waals surface area contributed by atoms with Crippen molar-refractivity contribution in [3.05, 3.63) is 67.7 Å². The number of rotatable bonds is 10. The number of fused-ring (bicyclic) bond motifs is 1. The van der Waals surface area contributed by atoms with E-state index in [0.717, 1.165) is 24.2 Å². The molecule has 3 heterocycles. The second-order valence-corrected chi connectivity index (χ2v) is 8.03. The molecule has 33 heavy (non-hydrogen) atoms. The van der Waals surface area contributed by atoms with Gasteiger partial charge in [-0.2, -0.15) is 9.97 Å². The van der Waals surface area contributed by atoms with Crippen LogP contribution in [0.25, 0.3) is 11.2 Å². The van der Waals surface area contributed by atoms with Crippen molar-refractivity contribution >= 4 is 22.8 Å². The Morgan fingerprint density at radius 1 is 1.12 bits per heavy atom. The van der Waals surface area contributed by atoms with Crippen LogP contribution in [0, 0.1) is 0 Å². The van der Waals surface area contributed by atoms with Crippen molar-refractivity contribution in [2.75, 3.05) is 7.11 Å². The van der Waals surface area contributed by atoms with Crippen LogP contribution in [0.5, 0.6) is 5.75 Å². The highest BCUT2D eigenvalue weighted by Crippen LogP contribution is 2.20. The number of aromatic nitrogens is 6. The van der Waals surface area contributed by atoms with Gasteiger partial charge in [0.25, 0.3) is 5.56 Å². The van der Waals surface area contributed by atoms with E-state index in [4.69, 9.17) is 20.9 Å². The number of ether oxygens (including phenoxy) is 1. The summed E-state index contributed by atoms with van der Waals surface area (Å²) in [4.78, 5) is 37.2. The predicted molar refractivity (Wildman–Crippen MR) is 123 cm³/mol. The Bertz CT molecular complexity index is 1370. The maximum atomic E-state index is 13.0. The van der Waals surface area contributed by atoms with Crippen LogP contribution < -0.4 is 16.0 Å². The summed E-state index contributed by atoms with van der Waals surface area (Å²) >= 11 is 5.96. The fraction of sp³-hybridized carbons (Fsp3) is 0.409. The monoisotopic (exact) mass is 472 g/mol. The molecular weight excluding hydrogens is 448 g/mol. The second kappa shape index (κ2) is 10.0. The minimum atomic E-state index is -0.438. The first-order valence-electron chi connectivity index (χ1n) is 10.8. The summed E-state index contributed by atoms with van der Waals surface area (Å²) in [5.74, 6) is 1.75. The van der Waals surface area contributed by atoms with E-state index >= 15 is 0 Å². The molecule has 174 valence electrons. The molecule has 1 N–H and O–H groups in total. The Hall–Kier alpha value is -3.40. The third kappa shape index (κ3) is 4.85. The number of benzene rings is 1. The van der Waals surface area contributed by atoms with Crippen LogP contribution in [0.1, 0.15) is 43.5 Å². The second-order valence-electron chi connectivity index (χ2n) is 7.67. The summed E-state index contributed by atoms with van der Waals surface area (Å²) in [6, 6.07) is 7.63. The number of nitrogens with zero attached hydrogens (tertiary/aromatic N) is 5. The molecule has 1 aromatic carbocycles. The lowest BCUT2D eigenvalue weighted by molar-refractivity contribution is 0.373. The Kier molecular flexibility index (Phi) is 6.93. The summed E-state index contributed by atoms with van der Waals surface area (Å²) in [5, 5.41) is 4.11. The highest BCUT2D eigenvalue weighted by molar-refractivity contribution is 6.28. The molecule has 0 aliphatic carbocycles. The first-order chi connectivity index (χ1) is 16.0. The van der Waals surface area contributed by atoms with E-state index in [-0.39, 0.29) is 17.3 Å². The lowest BCUT2D eigenvalue weighted by atomic mass is 10.1. The number of para-hydroxylation sites is 1. The van der Waals surface area contributed by atoms with Gasteiger partial charge in [0.2, 0.25) is 11.2 Å². The van der Waals surface area contributed by atoms with Crippen LogP contribution in [-0.2, 0) is 25.9 Å². The minimum Gasteiger partial charge on any atom is -0.496 e. The molecule has 11 heteroatoms. The standard InChI is InChI=1S/C22H25ClN6O4/c1-3-4-11-28-19-18(25-21(23)26-19)20(30)29(22(28)31)12-7-10-16-24-17(33-27-16)13-14-8-5-6-9-15(14)32-2/h5-6,8-9H,3-4,7,10-13H2,1-2H3,(H,25,26). The maximum absolute atomic E-state index is 13.0. The van der Waals surface area contributed by atoms with Crippen molar-refractivity contribution in [1.82, 2.24) is 29.2 Å². The summed E-state index contributed by atoms with van der Waals surface area (Å²) in [5.41, 5.74) is 0.635. The number of nitrogens with one attached hydrogen (secondary N) is 1. The molecule has 3 aromatic heterocycles. The quantitative estimate of drug-likeness (QED) is 0.352. The molecular formula is C22H25ClN6O4. The molecule has 10 nitrogen and oxygen atoms in total. The number of unbranched alkanes of at least 4 members (excludes halogenated alkanes) is 1. The zero-order valence-electron chi connectivity index (χ0n) is 18.5. The third-order valence-electron chi connectivity index (χ3n) is 5.39. The summed E-state index contributed by atoms with van der Waals surface area (Å²) < 4.78 is 13.4. The van der Waals surface area contributed by atoms with Gasteiger partial charge in [-0.05, 0) is 30.5 Å². The topological polar surface area (TPSA) is 121 Å². The predicted octanol–water partition coefficient (Wildman–Crippen LogP) is 2.96. The Balaban J connectivity index is 1.48. The van der Waals surface area contributed by atoms with Crippen LogP contribution in [0.15, 0.2) is 38.4 Å². The number of halogens is 1. The van der Waals surface area contributed by atoms with Gasteiger partial charge in [0, 0.05) is 25.1 Å². The number of methoxy groups -OCH3 is 1. The molecule has 0 radical (unpaired) electrons. The van der Waals surface area contributed by atoms with Gasteiger partial charge in [0.05, 0.1) is 13.5 Å². The average molecular weight is 473 g/mol. The Labute approximate surface area is 194 Å². The zero-order valence-corrected chi connectivity index (χ0v) is 19.3. The molecule has 0 bridgehead atoms. The Morgan fingerprint density at radius 2 is 1.91 bits per heavy atom. The van der Waals surface area contributed by atoms with Gasteiger partial charge in [-0.25, -0.2) is 4.79 Å². The van der Waals surface area contributed by atoms with Gasteiger partial charge in [0.1, 0.15) is 5.75 Å². The normalized spacial score (nSPS) is 11.4. The smallest absolute Gasteiger partial charge is 0.332 e. The van der Waals surface area contributed by atoms with Crippen LogP contribution in [-0.4, -0.2) is 36.4 Å². The first-order valence-corrected chi connectivity index (χ1v) is 11.2. The van der Waals surface area contributed by atoms with E-state index in [9.17, 15) is 9.59 Å². The summed E-state index contributed by atoms with van der Waals surface area (Å²) in [7, 11) is 1.62. The highest BCUT2D eigenvalue weighted by atomic mass is 35.5. The van der Waals surface area contributed by atoms with E-state index in [1.807, 2.05) is 31.2 Å². The summed E-state index contributed by atoms with van der Waals surface area (Å²) in [6.07, 6.45) is 3.09. The number of aryl methyl sites for hydroxylation is 2. The van der Waals surface area contributed by atoms with E-state index < -0.39 is 11.2 Å². The van der Waals surface area contributed by atoms with Crippen LogP contribution >= 0.6 is 11.6 Å². The average Bonchev–Trinajstić information content (AvgIpc) is 3.42. The third-order valence-corrected chi connectivity index (χ3v) is 5.57. The van der Waals surface area contributed by atoms with Crippen molar-refractivity contribution < 1.29 is 9.26 Å². The molecule has 0 aliphatic rings. The van der Waals surface area contributed by atoms with E-state index in [2.05, 4.69) is 20.1 Å². The maximum Gasteiger partial charge on any atom is 0.332 e. The molecule has 0 saturated heterocycles. The lowest BCUT2D eigenvalue weighted by Crippen LogP contribution is -2.40. The fourth-order valence-corrected chi connectivity index (χ4v) is 3.90. The molecule has 0 aliphatic heterocycles. The zero-order chi connectivity index (χ0) is 23.4. The van der Waals surface area contributed by atoms with Crippen molar-refractivity contribution in [1.29, 1.82) is 0 Å². The molecule has 0 unspecified atom stereocenters. The molecule has 0 spiro atoms. The van der Waals surface area contributed by atoms with Gasteiger partial charge in [-0.1, -0.05) is 36.7 Å².